The molecular weight excluding hydrogens is 569 g/mol. The van der Waals surface area contributed by atoms with Crippen LogP contribution in [0.3, 0.4) is 0 Å². The first-order valence-corrected chi connectivity index (χ1v) is 17.3. The van der Waals surface area contributed by atoms with Gasteiger partial charge in [-0.1, -0.05) is 65.8 Å². The second-order valence-electron chi connectivity index (χ2n) is 13.4. The third kappa shape index (κ3) is 7.91. The SMILES string of the molecule is COc1ccc(C2CC2CCCSC(C(C)C)(C(C)C)C(C)C)c(CN(C(C)=O)C2=CC(F)=CCC2Oc2ccccc2)c1. The molecule has 1 amide bonds. The summed E-state index contributed by atoms with van der Waals surface area (Å²) in [4.78, 5) is 14.8. The number of ether oxygens (including phenoxy) is 2. The minimum atomic E-state index is -0.462. The van der Waals surface area contributed by atoms with Crippen LogP contribution in [0.15, 0.2) is 72.2 Å². The van der Waals surface area contributed by atoms with E-state index in [-0.39, 0.29) is 11.7 Å². The van der Waals surface area contributed by atoms with Crippen LogP contribution in [-0.2, 0) is 11.3 Å². The maximum Gasteiger partial charge on any atom is 0.224 e. The molecule has 2 aliphatic rings. The lowest BCUT2D eigenvalue weighted by Crippen LogP contribution is -2.42. The summed E-state index contributed by atoms with van der Waals surface area (Å²) >= 11 is 2.18. The van der Waals surface area contributed by atoms with Crippen molar-refractivity contribution in [3.63, 3.8) is 0 Å². The van der Waals surface area contributed by atoms with Crippen LogP contribution in [0.2, 0.25) is 0 Å². The maximum atomic E-state index is 14.6. The fourth-order valence-corrected chi connectivity index (χ4v) is 9.13. The quantitative estimate of drug-likeness (QED) is 0.186. The Hall–Kier alpha value is -2.73. The van der Waals surface area contributed by atoms with E-state index in [1.165, 1.54) is 36.3 Å². The molecule has 0 aliphatic heterocycles. The second kappa shape index (κ2) is 15.0. The molecule has 3 unspecified atom stereocenters. The monoisotopic (exact) mass is 621 g/mol. The number of rotatable bonds is 15. The van der Waals surface area contributed by atoms with Crippen LogP contribution in [0.5, 0.6) is 11.5 Å². The molecule has 0 N–H and O–H groups in total. The largest absolute Gasteiger partial charge is 0.497 e. The Morgan fingerprint density at radius 1 is 1.02 bits per heavy atom. The molecule has 0 radical (unpaired) electrons. The molecule has 0 saturated heterocycles. The lowest BCUT2D eigenvalue weighted by Gasteiger charge is -2.45. The van der Waals surface area contributed by atoms with E-state index in [0.29, 0.717) is 58.7 Å². The molecule has 2 aromatic rings. The molecule has 44 heavy (non-hydrogen) atoms. The number of nitrogens with zero attached hydrogens (tertiary/aromatic N) is 1. The van der Waals surface area contributed by atoms with Crippen molar-refractivity contribution in [1.82, 2.24) is 4.90 Å². The Morgan fingerprint density at radius 3 is 2.32 bits per heavy atom. The average molecular weight is 622 g/mol. The first kappa shape index (κ1) is 34.1. The second-order valence-corrected chi connectivity index (χ2v) is 14.8. The molecule has 1 fully saturated rings. The van der Waals surface area contributed by atoms with Gasteiger partial charge in [0.05, 0.1) is 19.4 Å². The van der Waals surface area contributed by atoms with Gasteiger partial charge in [-0.05, 0) is 102 Å². The van der Waals surface area contributed by atoms with E-state index in [0.717, 1.165) is 17.7 Å². The van der Waals surface area contributed by atoms with Gasteiger partial charge in [-0.15, -0.1) is 0 Å². The number of hydrogen-bond donors (Lipinski definition) is 0. The van der Waals surface area contributed by atoms with Crippen LogP contribution >= 0.6 is 11.8 Å². The Balaban J connectivity index is 1.48. The van der Waals surface area contributed by atoms with E-state index in [1.54, 1.807) is 18.9 Å². The molecule has 0 heterocycles. The van der Waals surface area contributed by atoms with Gasteiger partial charge in [-0.2, -0.15) is 11.8 Å². The summed E-state index contributed by atoms with van der Waals surface area (Å²) in [6.45, 7) is 16.2. The first-order chi connectivity index (χ1) is 21.0. The van der Waals surface area contributed by atoms with Crippen molar-refractivity contribution in [2.75, 3.05) is 12.9 Å². The van der Waals surface area contributed by atoms with Gasteiger partial charge < -0.3 is 14.4 Å². The lowest BCUT2D eigenvalue weighted by molar-refractivity contribution is -0.128. The maximum absolute atomic E-state index is 14.6. The molecule has 240 valence electrons. The predicted octanol–water partition coefficient (Wildman–Crippen LogP) is 9.96. The highest BCUT2D eigenvalue weighted by Crippen LogP contribution is 2.53. The van der Waals surface area contributed by atoms with Crippen molar-refractivity contribution >= 4 is 17.7 Å². The number of thioether (sulfide) groups is 1. The minimum Gasteiger partial charge on any atom is -0.497 e. The zero-order valence-electron chi connectivity index (χ0n) is 27.9. The number of para-hydroxylation sites is 1. The van der Waals surface area contributed by atoms with Gasteiger partial charge in [0.25, 0.3) is 0 Å². The molecule has 0 bridgehead atoms. The van der Waals surface area contributed by atoms with E-state index < -0.39 is 6.10 Å². The summed E-state index contributed by atoms with van der Waals surface area (Å²) in [6.07, 6.45) is 6.44. The van der Waals surface area contributed by atoms with E-state index in [4.69, 9.17) is 9.47 Å². The summed E-state index contributed by atoms with van der Waals surface area (Å²) in [5.74, 6) is 5.15. The Kier molecular flexibility index (Phi) is 11.7. The Bertz CT molecular complexity index is 1300. The molecule has 0 aromatic heterocycles. The van der Waals surface area contributed by atoms with E-state index in [9.17, 15) is 9.18 Å². The average Bonchev–Trinajstić information content (AvgIpc) is 3.75. The molecule has 4 rings (SSSR count). The number of halogens is 1. The fraction of sp³-hybridized carbons (Fsp3) is 0.553. The van der Waals surface area contributed by atoms with Crippen LogP contribution < -0.4 is 9.47 Å². The topological polar surface area (TPSA) is 38.8 Å². The number of amides is 1. The normalized spacial score (nSPS) is 20.0. The van der Waals surface area contributed by atoms with Gasteiger partial charge in [-0.3, -0.25) is 4.79 Å². The number of hydrogen-bond acceptors (Lipinski definition) is 4. The highest BCUT2D eigenvalue weighted by molar-refractivity contribution is 8.00. The van der Waals surface area contributed by atoms with Crippen LogP contribution in [0.4, 0.5) is 4.39 Å². The minimum absolute atomic E-state index is 0.144. The highest BCUT2D eigenvalue weighted by atomic mass is 32.2. The number of allylic oxidation sites excluding steroid dienone is 2. The third-order valence-electron chi connectivity index (χ3n) is 9.63. The Labute approximate surface area is 269 Å². The van der Waals surface area contributed by atoms with Gasteiger partial charge in [0, 0.05) is 18.1 Å². The van der Waals surface area contributed by atoms with Crippen molar-refractivity contribution in [2.24, 2.45) is 23.7 Å². The van der Waals surface area contributed by atoms with Gasteiger partial charge >= 0.3 is 0 Å². The molecule has 0 spiro atoms. The smallest absolute Gasteiger partial charge is 0.224 e. The zero-order chi connectivity index (χ0) is 32.0. The molecule has 4 nitrogen and oxygen atoms in total. The standard InChI is InChI=1S/C38H52FNO3S/c1-25(2)38(26(3)4,27(5)6)44-20-12-13-29-22-35(29)34-18-17-33(42-8)21-30(34)24-40(28(7)41)36-23-31(39)16-19-37(36)43-32-14-10-9-11-15-32/h9-11,14-18,21,23,25-27,29,35,37H,12-13,19-20,22,24H2,1-8H3. The molecular formula is C38H52FNO3S. The van der Waals surface area contributed by atoms with Crippen LogP contribution in [0, 0.1) is 23.7 Å². The number of methoxy groups -OCH3 is 1. The molecule has 3 atom stereocenters. The summed E-state index contributed by atoms with van der Waals surface area (Å²) in [7, 11) is 1.66. The highest BCUT2D eigenvalue weighted by Gasteiger charge is 2.42. The molecule has 2 aromatic carbocycles. The Morgan fingerprint density at radius 2 is 1.70 bits per heavy atom. The summed E-state index contributed by atoms with van der Waals surface area (Å²) in [5, 5.41) is 0. The summed E-state index contributed by atoms with van der Waals surface area (Å²) < 4.78 is 26.8. The van der Waals surface area contributed by atoms with Gasteiger partial charge in [-0.25, -0.2) is 4.39 Å². The molecule has 2 aliphatic carbocycles. The van der Waals surface area contributed by atoms with Gasteiger partial charge in [0.15, 0.2) is 0 Å². The number of carbonyl (C=O) groups is 1. The van der Waals surface area contributed by atoms with E-state index in [2.05, 4.69) is 59.4 Å². The number of benzene rings is 2. The van der Waals surface area contributed by atoms with Gasteiger partial charge in [0.1, 0.15) is 23.4 Å². The van der Waals surface area contributed by atoms with Crippen LogP contribution in [0.1, 0.15) is 91.2 Å². The van der Waals surface area contributed by atoms with E-state index in [1.807, 2.05) is 42.5 Å². The van der Waals surface area contributed by atoms with Crippen LogP contribution in [-0.4, -0.2) is 34.5 Å². The lowest BCUT2D eigenvalue weighted by atomic mass is 9.76. The molecule has 1 saturated carbocycles. The summed E-state index contributed by atoms with van der Waals surface area (Å²) in [5.41, 5.74) is 2.86. The van der Waals surface area contributed by atoms with Crippen molar-refractivity contribution in [1.29, 1.82) is 0 Å². The molecule has 6 heteroatoms. The summed E-state index contributed by atoms with van der Waals surface area (Å²) in [6, 6.07) is 15.7. The predicted molar refractivity (Wildman–Crippen MR) is 182 cm³/mol. The fourth-order valence-electron chi connectivity index (χ4n) is 7.46. The van der Waals surface area contributed by atoms with Crippen LogP contribution in [0.25, 0.3) is 0 Å². The first-order valence-electron chi connectivity index (χ1n) is 16.4. The van der Waals surface area contributed by atoms with Crippen molar-refractivity contribution < 1.29 is 18.7 Å². The third-order valence-corrected chi connectivity index (χ3v) is 12.0. The van der Waals surface area contributed by atoms with E-state index >= 15 is 0 Å². The number of carbonyl (C=O) groups excluding carboxylic acids is 1. The van der Waals surface area contributed by atoms with Gasteiger partial charge in [0.2, 0.25) is 5.91 Å². The zero-order valence-corrected chi connectivity index (χ0v) is 28.8. The van der Waals surface area contributed by atoms with Crippen molar-refractivity contribution in [3.8, 4) is 11.5 Å². The van der Waals surface area contributed by atoms with Crippen molar-refractivity contribution in [3.05, 3.63) is 83.3 Å². The van der Waals surface area contributed by atoms with Crippen molar-refractivity contribution in [2.45, 2.75) is 97.5 Å².